The Morgan fingerprint density at radius 1 is 1.23 bits per heavy atom. The average Bonchev–Trinajstić information content (AvgIpc) is 3.23. The van der Waals surface area contributed by atoms with Crippen LogP contribution in [-0.4, -0.2) is 55.2 Å². The zero-order chi connectivity index (χ0) is 15.1. The maximum absolute atomic E-state index is 12.5. The Bertz CT molecular complexity index is 545. The molecule has 3 unspecified atom stereocenters. The highest BCUT2D eigenvalue weighted by Gasteiger charge is 2.43. The number of fused-ring (bicyclic) bond motifs is 1. The lowest BCUT2D eigenvalue weighted by Gasteiger charge is -2.24. The Labute approximate surface area is 135 Å². The Kier molecular flexibility index (Phi) is 3.70. The summed E-state index contributed by atoms with van der Waals surface area (Å²) in [5.74, 6) is 2.49. The Hall–Kier alpha value is -1.33. The number of carbonyl (C=O) groups is 1. The summed E-state index contributed by atoms with van der Waals surface area (Å²) in [7, 11) is 0. The standard InChI is InChI=1S/C16H20ClN3O2/c17-14-1-2-15(18-5-14)19-6-12-8-20(9-13(12)7-19)16(21)11-3-4-22-10-11/h1-2,5,11-13H,3-4,6-10H2. The van der Waals surface area contributed by atoms with Gasteiger partial charge in [0.1, 0.15) is 5.82 Å². The molecule has 6 heteroatoms. The zero-order valence-electron chi connectivity index (χ0n) is 12.4. The summed E-state index contributed by atoms with van der Waals surface area (Å²) in [4.78, 5) is 21.2. The normalized spacial score (nSPS) is 30.9. The van der Waals surface area contributed by atoms with Gasteiger partial charge in [-0.05, 0) is 18.6 Å². The molecule has 3 saturated heterocycles. The number of pyridine rings is 1. The van der Waals surface area contributed by atoms with E-state index in [4.69, 9.17) is 16.3 Å². The number of anilines is 1. The SMILES string of the molecule is O=C(C1CCOC1)N1CC2CN(c3ccc(Cl)cn3)CC2C1. The third-order valence-corrected chi connectivity index (χ3v) is 5.34. The molecule has 1 aromatic rings. The van der Waals surface area contributed by atoms with Crippen molar-refractivity contribution in [3.05, 3.63) is 23.4 Å². The zero-order valence-corrected chi connectivity index (χ0v) is 13.2. The van der Waals surface area contributed by atoms with Crippen LogP contribution in [0.5, 0.6) is 0 Å². The Morgan fingerprint density at radius 2 is 2.00 bits per heavy atom. The monoisotopic (exact) mass is 321 g/mol. The van der Waals surface area contributed by atoms with Gasteiger partial charge in [-0.25, -0.2) is 4.98 Å². The van der Waals surface area contributed by atoms with Gasteiger partial charge in [-0.15, -0.1) is 0 Å². The number of nitrogens with zero attached hydrogens (tertiary/aromatic N) is 3. The highest BCUT2D eigenvalue weighted by molar-refractivity contribution is 6.30. The second-order valence-corrected chi connectivity index (χ2v) is 7.00. The lowest BCUT2D eigenvalue weighted by atomic mass is 10.0. The number of rotatable bonds is 2. The largest absolute Gasteiger partial charge is 0.381 e. The highest BCUT2D eigenvalue weighted by atomic mass is 35.5. The fraction of sp³-hybridized carbons (Fsp3) is 0.625. The van der Waals surface area contributed by atoms with Crippen molar-refractivity contribution < 1.29 is 9.53 Å². The van der Waals surface area contributed by atoms with Gasteiger partial charge >= 0.3 is 0 Å². The van der Waals surface area contributed by atoms with Crippen molar-refractivity contribution in [2.24, 2.45) is 17.8 Å². The van der Waals surface area contributed by atoms with Crippen LogP contribution in [0, 0.1) is 17.8 Å². The van der Waals surface area contributed by atoms with Crippen molar-refractivity contribution in [2.75, 3.05) is 44.3 Å². The van der Waals surface area contributed by atoms with E-state index in [1.54, 1.807) is 6.20 Å². The van der Waals surface area contributed by atoms with E-state index in [0.717, 1.165) is 45.0 Å². The van der Waals surface area contributed by atoms with Crippen molar-refractivity contribution >= 4 is 23.3 Å². The van der Waals surface area contributed by atoms with Crippen LogP contribution in [0.4, 0.5) is 5.82 Å². The number of aromatic nitrogens is 1. The topological polar surface area (TPSA) is 45.7 Å². The van der Waals surface area contributed by atoms with Crippen molar-refractivity contribution in [2.45, 2.75) is 6.42 Å². The first-order valence-corrected chi connectivity index (χ1v) is 8.31. The van der Waals surface area contributed by atoms with Crippen LogP contribution in [0.15, 0.2) is 18.3 Å². The van der Waals surface area contributed by atoms with Gasteiger partial charge in [0.2, 0.25) is 5.91 Å². The predicted octanol–water partition coefficient (Wildman–Crippen LogP) is 1.67. The highest BCUT2D eigenvalue weighted by Crippen LogP contribution is 2.34. The number of likely N-dealkylation sites (tertiary alicyclic amines) is 1. The maximum atomic E-state index is 12.5. The smallest absolute Gasteiger partial charge is 0.228 e. The number of carbonyl (C=O) groups excluding carboxylic acids is 1. The lowest BCUT2D eigenvalue weighted by molar-refractivity contribution is -0.134. The second kappa shape index (κ2) is 5.70. The van der Waals surface area contributed by atoms with E-state index in [2.05, 4.69) is 14.8 Å². The van der Waals surface area contributed by atoms with E-state index in [0.29, 0.717) is 29.4 Å². The molecule has 3 atom stereocenters. The van der Waals surface area contributed by atoms with E-state index in [1.165, 1.54) is 0 Å². The summed E-state index contributed by atoms with van der Waals surface area (Å²) in [6.07, 6.45) is 2.58. The van der Waals surface area contributed by atoms with Gasteiger partial charge in [-0.1, -0.05) is 11.6 Å². The molecule has 0 N–H and O–H groups in total. The van der Waals surface area contributed by atoms with E-state index in [-0.39, 0.29) is 5.92 Å². The number of halogens is 1. The molecule has 3 aliphatic rings. The van der Waals surface area contributed by atoms with Gasteiger partial charge in [-0.3, -0.25) is 4.79 Å². The molecule has 3 aliphatic heterocycles. The minimum absolute atomic E-state index is 0.0906. The van der Waals surface area contributed by atoms with Gasteiger partial charge in [0.15, 0.2) is 0 Å². The van der Waals surface area contributed by atoms with Crippen LogP contribution in [0.1, 0.15) is 6.42 Å². The summed E-state index contributed by atoms with van der Waals surface area (Å²) in [6, 6.07) is 3.86. The Balaban J connectivity index is 1.38. The van der Waals surface area contributed by atoms with E-state index in [1.807, 2.05) is 12.1 Å². The van der Waals surface area contributed by atoms with E-state index >= 15 is 0 Å². The summed E-state index contributed by atoms with van der Waals surface area (Å²) >= 11 is 5.89. The molecule has 0 bridgehead atoms. The molecule has 1 aromatic heterocycles. The molecule has 22 heavy (non-hydrogen) atoms. The van der Waals surface area contributed by atoms with Crippen LogP contribution in [0.2, 0.25) is 5.02 Å². The fourth-order valence-corrected chi connectivity index (χ4v) is 4.01. The molecular weight excluding hydrogens is 302 g/mol. The lowest BCUT2D eigenvalue weighted by Crippen LogP contribution is -2.37. The first-order chi connectivity index (χ1) is 10.7. The van der Waals surface area contributed by atoms with Gasteiger partial charge in [0, 0.05) is 50.8 Å². The van der Waals surface area contributed by atoms with Crippen LogP contribution < -0.4 is 4.90 Å². The molecule has 0 saturated carbocycles. The molecule has 0 spiro atoms. The number of hydrogen-bond donors (Lipinski definition) is 0. The third kappa shape index (κ3) is 2.57. The molecule has 3 fully saturated rings. The third-order valence-electron chi connectivity index (χ3n) is 5.11. The molecule has 4 heterocycles. The molecule has 0 radical (unpaired) electrons. The van der Waals surface area contributed by atoms with Crippen molar-refractivity contribution in [3.8, 4) is 0 Å². The van der Waals surface area contributed by atoms with E-state index in [9.17, 15) is 4.79 Å². The molecule has 1 amide bonds. The quantitative estimate of drug-likeness (QED) is 0.831. The molecule has 4 rings (SSSR count). The van der Waals surface area contributed by atoms with Crippen LogP contribution in [0.3, 0.4) is 0 Å². The summed E-state index contributed by atoms with van der Waals surface area (Å²) in [5.41, 5.74) is 0. The molecule has 0 aromatic carbocycles. The van der Waals surface area contributed by atoms with Gasteiger partial charge in [-0.2, -0.15) is 0 Å². The van der Waals surface area contributed by atoms with Gasteiger partial charge in [0.25, 0.3) is 0 Å². The maximum Gasteiger partial charge on any atom is 0.228 e. The van der Waals surface area contributed by atoms with Gasteiger partial charge in [0.05, 0.1) is 17.5 Å². The van der Waals surface area contributed by atoms with E-state index < -0.39 is 0 Å². The molecule has 5 nitrogen and oxygen atoms in total. The molecule has 118 valence electrons. The fourth-order valence-electron chi connectivity index (χ4n) is 3.90. The summed E-state index contributed by atoms with van der Waals surface area (Å²) in [6.45, 7) is 5.04. The minimum atomic E-state index is 0.0906. The number of ether oxygens (including phenoxy) is 1. The molecular formula is C16H20ClN3O2. The predicted molar refractivity (Wildman–Crippen MR) is 83.9 cm³/mol. The minimum Gasteiger partial charge on any atom is -0.381 e. The average molecular weight is 322 g/mol. The summed E-state index contributed by atoms with van der Waals surface area (Å²) < 4.78 is 5.34. The van der Waals surface area contributed by atoms with Gasteiger partial charge < -0.3 is 14.5 Å². The second-order valence-electron chi connectivity index (χ2n) is 6.56. The number of amides is 1. The number of hydrogen-bond acceptors (Lipinski definition) is 4. The van der Waals surface area contributed by atoms with Crippen LogP contribution in [0.25, 0.3) is 0 Å². The first kappa shape index (κ1) is 14.3. The molecule has 0 aliphatic carbocycles. The van der Waals surface area contributed by atoms with Crippen molar-refractivity contribution in [3.63, 3.8) is 0 Å². The van der Waals surface area contributed by atoms with Crippen LogP contribution in [-0.2, 0) is 9.53 Å². The van der Waals surface area contributed by atoms with Crippen molar-refractivity contribution in [1.82, 2.24) is 9.88 Å². The summed E-state index contributed by atoms with van der Waals surface area (Å²) in [5, 5.41) is 0.665. The van der Waals surface area contributed by atoms with Crippen LogP contribution >= 0.6 is 11.6 Å². The first-order valence-electron chi connectivity index (χ1n) is 7.94. The Morgan fingerprint density at radius 3 is 2.59 bits per heavy atom. The van der Waals surface area contributed by atoms with Crippen molar-refractivity contribution in [1.29, 1.82) is 0 Å².